The predicted octanol–water partition coefficient (Wildman–Crippen LogP) is 4.69. The third kappa shape index (κ3) is 2.61. The number of aromatic nitrogens is 7. The first-order valence-electron chi connectivity index (χ1n) is 8.96. The van der Waals surface area contributed by atoms with Crippen LogP contribution >= 0.6 is 11.3 Å². The van der Waals surface area contributed by atoms with Crippen LogP contribution in [0.15, 0.2) is 66.3 Å². The summed E-state index contributed by atoms with van der Waals surface area (Å²) in [6.07, 6.45) is 10.6. The monoisotopic (exact) mass is 395 g/mol. The van der Waals surface area contributed by atoms with E-state index in [1.807, 2.05) is 18.5 Å². The van der Waals surface area contributed by atoms with E-state index >= 15 is 0 Å². The highest BCUT2D eigenvalue weighted by Gasteiger charge is 2.15. The molecule has 0 atom stereocenters. The molecule has 0 radical (unpaired) electrons. The molecule has 0 aliphatic rings. The maximum atomic E-state index is 4.54. The normalized spacial score (nSPS) is 11.4. The van der Waals surface area contributed by atoms with Gasteiger partial charge in [-0.25, -0.2) is 9.97 Å². The lowest BCUT2D eigenvalue weighted by Gasteiger charge is -2.00. The molecule has 2 N–H and O–H groups in total. The molecule has 138 valence electrons. The Kier molecular flexibility index (Phi) is 3.50. The predicted molar refractivity (Wildman–Crippen MR) is 113 cm³/mol. The van der Waals surface area contributed by atoms with Gasteiger partial charge >= 0.3 is 0 Å². The molecule has 6 heterocycles. The first kappa shape index (κ1) is 16.1. The minimum absolute atomic E-state index is 0.803. The summed E-state index contributed by atoms with van der Waals surface area (Å²) in [5, 5.41) is 13.9. The SMILES string of the molecule is c1ncc(-c2cc3c(-c4cc5c(-c6ccsc6)cncc5[nH]4)n[nH]c3cn2)cn1. The number of rotatable bonds is 3. The summed E-state index contributed by atoms with van der Waals surface area (Å²) >= 11 is 1.68. The van der Waals surface area contributed by atoms with Crippen molar-refractivity contribution in [3.63, 3.8) is 0 Å². The van der Waals surface area contributed by atoms with Gasteiger partial charge in [0.25, 0.3) is 0 Å². The van der Waals surface area contributed by atoms with Gasteiger partial charge in [0.1, 0.15) is 12.0 Å². The van der Waals surface area contributed by atoms with Crippen LogP contribution in [0.2, 0.25) is 0 Å². The summed E-state index contributed by atoms with van der Waals surface area (Å²) in [6.45, 7) is 0. The number of nitrogens with one attached hydrogen (secondary N) is 2. The molecule has 0 aliphatic heterocycles. The number of hydrogen-bond donors (Lipinski definition) is 2. The average Bonchev–Trinajstić information content (AvgIpc) is 3.52. The Labute approximate surface area is 168 Å². The van der Waals surface area contributed by atoms with E-state index < -0.39 is 0 Å². The van der Waals surface area contributed by atoms with Crippen LogP contribution in [0, 0.1) is 0 Å². The van der Waals surface area contributed by atoms with E-state index in [-0.39, 0.29) is 0 Å². The summed E-state index contributed by atoms with van der Waals surface area (Å²) in [6, 6.07) is 6.25. The molecule has 6 aromatic rings. The molecule has 6 rings (SSSR count). The molecule has 0 bridgehead atoms. The molecule has 0 unspecified atom stereocenters. The Bertz CT molecular complexity index is 1450. The summed E-state index contributed by atoms with van der Waals surface area (Å²) in [5.41, 5.74) is 7.56. The molecule has 0 amide bonds. The van der Waals surface area contributed by atoms with Gasteiger partial charge < -0.3 is 4.98 Å². The molecule has 0 spiro atoms. The van der Waals surface area contributed by atoms with E-state index in [1.165, 1.54) is 11.9 Å². The molecular weight excluding hydrogens is 382 g/mol. The third-order valence-electron chi connectivity index (χ3n) is 4.94. The van der Waals surface area contributed by atoms with Crippen LogP contribution in [-0.4, -0.2) is 35.1 Å². The number of aromatic amines is 2. The fraction of sp³-hybridized carbons (Fsp3) is 0. The fourth-order valence-corrected chi connectivity index (χ4v) is 4.19. The zero-order chi connectivity index (χ0) is 19.2. The largest absolute Gasteiger partial charge is 0.352 e. The van der Waals surface area contributed by atoms with Crippen LogP contribution in [0.4, 0.5) is 0 Å². The Morgan fingerprint density at radius 1 is 0.828 bits per heavy atom. The minimum atomic E-state index is 0.803. The zero-order valence-corrected chi connectivity index (χ0v) is 15.8. The van der Waals surface area contributed by atoms with Crippen molar-refractivity contribution in [3.8, 4) is 33.8 Å². The van der Waals surface area contributed by atoms with Crippen molar-refractivity contribution in [2.45, 2.75) is 0 Å². The molecule has 0 saturated carbocycles. The summed E-state index contributed by atoms with van der Waals surface area (Å²) in [4.78, 5) is 20.5. The van der Waals surface area contributed by atoms with Gasteiger partial charge in [-0.15, -0.1) is 0 Å². The van der Waals surface area contributed by atoms with Gasteiger partial charge in [-0.05, 0) is 34.5 Å². The first-order chi connectivity index (χ1) is 14.4. The Morgan fingerprint density at radius 2 is 1.76 bits per heavy atom. The maximum absolute atomic E-state index is 4.54. The molecule has 0 fully saturated rings. The summed E-state index contributed by atoms with van der Waals surface area (Å²) in [7, 11) is 0. The lowest BCUT2D eigenvalue weighted by Crippen LogP contribution is -1.86. The van der Waals surface area contributed by atoms with Gasteiger partial charge in [0.2, 0.25) is 0 Å². The van der Waals surface area contributed by atoms with Crippen LogP contribution in [-0.2, 0) is 0 Å². The molecule has 0 saturated heterocycles. The zero-order valence-electron chi connectivity index (χ0n) is 15.0. The van der Waals surface area contributed by atoms with E-state index in [9.17, 15) is 0 Å². The number of nitrogens with zero attached hydrogens (tertiary/aromatic N) is 5. The second-order valence-corrected chi connectivity index (χ2v) is 7.44. The topological polar surface area (TPSA) is 96.0 Å². The molecule has 29 heavy (non-hydrogen) atoms. The van der Waals surface area contributed by atoms with Crippen LogP contribution < -0.4 is 0 Å². The van der Waals surface area contributed by atoms with Gasteiger partial charge in [0.15, 0.2) is 0 Å². The lowest BCUT2D eigenvalue weighted by molar-refractivity contribution is 1.11. The van der Waals surface area contributed by atoms with Crippen LogP contribution in [0.5, 0.6) is 0 Å². The van der Waals surface area contributed by atoms with Crippen molar-refractivity contribution < 1.29 is 0 Å². The van der Waals surface area contributed by atoms with Crippen molar-refractivity contribution in [2.75, 3.05) is 0 Å². The highest BCUT2D eigenvalue weighted by molar-refractivity contribution is 7.08. The van der Waals surface area contributed by atoms with Crippen LogP contribution in [0.1, 0.15) is 0 Å². The van der Waals surface area contributed by atoms with Crippen LogP contribution in [0.3, 0.4) is 0 Å². The number of thiophene rings is 1. The van der Waals surface area contributed by atoms with Gasteiger partial charge in [0.05, 0.1) is 34.8 Å². The van der Waals surface area contributed by atoms with Gasteiger partial charge in [0, 0.05) is 40.5 Å². The number of fused-ring (bicyclic) bond motifs is 2. The Morgan fingerprint density at radius 3 is 2.62 bits per heavy atom. The number of H-pyrrole nitrogens is 2. The van der Waals surface area contributed by atoms with Gasteiger partial charge in [-0.1, -0.05) is 0 Å². The molecule has 6 aromatic heterocycles. The van der Waals surface area contributed by atoms with Crippen molar-refractivity contribution in [1.82, 2.24) is 35.1 Å². The fourth-order valence-electron chi connectivity index (χ4n) is 3.54. The average molecular weight is 395 g/mol. The van der Waals surface area contributed by atoms with Crippen molar-refractivity contribution in [1.29, 1.82) is 0 Å². The van der Waals surface area contributed by atoms with Crippen molar-refractivity contribution in [2.24, 2.45) is 0 Å². The first-order valence-corrected chi connectivity index (χ1v) is 9.90. The highest BCUT2D eigenvalue weighted by atomic mass is 32.1. The van der Waals surface area contributed by atoms with Gasteiger partial charge in [-0.2, -0.15) is 16.4 Å². The quantitative estimate of drug-likeness (QED) is 0.453. The Hall–Kier alpha value is -3.91. The second kappa shape index (κ2) is 6.32. The van der Waals surface area contributed by atoms with Crippen LogP contribution in [0.25, 0.3) is 55.6 Å². The van der Waals surface area contributed by atoms with E-state index in [0.29, 0.717) is 0 Å². The number of pyridine rings is 2. The molecule has 0 aliphatic carbocycles. The summed E-state index contributed by atoms with van der Waals surface area (Å²) < 4.78 is 0. The van der Waals surface area contributed by atoms with E-state index in [4.69, 9.17) is 0 Å². The third-order valence-corrected chi connectivity index (χ3v) is 5.62. The molecule has 7 nitrogen and oxygen atoms in total. The Balaban J connectivity index is 1.53. The number of hydrogen-bond acceptors (Lipinski definition) is 6. The van der Waals surface area contributed by atoms with E-state index in [2.05, 4.69) is 58.0 Å². The molecule has 8 heteroatoms. The lowest BCUT2D eigenvalue weighted by atomic mass is 10.1. The minimum Gasteiger partial charge on any atom is -0.352 e. The van der Waals surface area contributed by atoms with E-state index in [1.54, 1.807) is 29.9 Å². The molecule has 0 aromatic carbocycles. The molecular formula is C21H13N7S. The summed E-state index contributed by atoms with van der Waals surface area (Å²) in [5.74, 6) is 0. The standard InChI is InChI=1S/C21H13N7S/c1-2-29-10-12(1)16-7-22-8-19-14(16)3-18(26-19)21-15-4-17(13-5-23-11-24-6-13)25-9-20(15)27-28-21/h1-11,26H,(H,27,28). The second-order valence-electron chi connectivity index (χ2n) is 6.66. The van der Waals surface area contributed by atoms with Crippen molar-refractivity contribution >= 4 is 33.1 Å². The van der Waals surface area contributed by atoms with E-state index in [0.717, 1.165) is 50.0 Å². The van der Waals surface area contributed by atoms with Crippen molar-refractivity contribution in [3.05, 3.63) is 66.3 Å². The highest BCUT2D eigenvalue weighted by Crippen LogP contribution is 2.34. The smallest absolute Gasteiger partial charge is 0.116 e. The van der Waals surface area contributed by atoms with Gasteiger partial charge in [-0.3, -0.25) is 15.1 Å². The maximum Gasteiger partial charge on any atom is 0.116 e.